The number of hydrogen-bond acceptors (Lipinski definition) is 4. The van der Waals surface area contributed by atoms with Crippen molar-refractivity contribution >= 4 is 28.3 Å². The summed E-state index contributed by atoms with van der Waals surface area (Å²) in [5, 5.41) is 14.4. The van der Waals surface area contributed by atoms with Gasteiger partial charge in [-0.3, -0.25) is 10.1 Å². The zero-order valence-electron chi connectivity index (χ0n) is 10.6. The number of rotatable bonds is 5. The molecular weight excluding hydrogens is 359 g/mol. The Morgan fingerprint density at radius 3 is 3.00 bits per heavy atom. The van der Waals surface area contributed by atoms with Gasteiger partial charge in [-0.1, -0.05) is 6.42 Å². The summed E-state index contributed by atoms with van der Waals surface area (Å²) >= 11 is 2.06. The van der Waals surface area contributed by atoms with Crippen LogP contribution >= 0.6 is 22.6 Å². The van der Waals surface area contributed by atoms with E-state index in [2.05, 4.69) is 27.9 Å². The van der Waals surface area contributed by atoms with Gasteiger partial charge in [0.25, 0.3) is 0 Å². The first-order valence-corrected chi connectivity index (χ1v) is 7.55. The fourth-order valence-electron chi connectivity index (χ4n) is 2.24. The first kappa shape index (κ1) is 14.5. The highest BCUT2D eigenvalue weighted by molar-refractivity contribution is 14.1. The van der Waals surface area contributed by atoms with Gasteiger partial charge < -0.3 is 10.1 Å². The maximum Gasteiger partial charge on any atom is 0.311 e. The zero-order chi connectivity index (χ0) is 13.7. The number of piperidine rings is 1. The highest BCUT2D eigenvalue weighted by Gasteiger charge is 2.17. The van der Waals surface area contributed by atoms with Crippen LogP contribution in [0, 0.1) is 13.7 Å². The molecule has 1 aliphatic heterocycles. The molecule has 0 aliphatic carbocycles. The predicted molar refractivity (Wildman–Crippen MR) is 81.6 cm³/mol. The highest BCUT2D eigenvalue weighted by atomic mass is 127. The molecule has 0 aromatic heterocycles. The van der Waals surface area contributed by atoms with Crippen molar-refractivity contribution in [2.75, 3.05) is 13.2 Å². The molecule has 1 fully saturated rings. The minimum atomic E-state index is -0.393. The fraction of sp³-hybridized carbons (Fsp3) is 0.538. The third-order valence-corrected chi connectivity index (χ3v) is 3.92. The van der Waals surface area contributed by atoms with Crippen LogP contribution < -0.4 is 10.1 Å². The first-order valence-electron chi connectivity index (χ1n) is 6.47. The van der Waals surface area contributed by atoms with E-state index in [0.29, 0.717) is 18.4 Å². The first-order chi connectivity index (χ1) is 9.16. The number of nitrogens with zero attached hydrogens (tertiary/aromatic N) is 1. The second-order valence-electron chi connectivity index (χ2n) is 4.65. The van der Waals surface area contributed by atoms with Crippen molar-refractivity contribution in [2.24, 2.45) is 0 Å². The summed E-state index contributed by atoms with van der Waals surface area (Å²) in [6.45, 7) is 1.58. The van der Waals surface area contributed by atoms with E-state index in [0.717, 1.165) is 23.0 Å². The normalized spacial score (nSPS) is 19.1. The van der Waals surface area contributed by atoms with E-state index in [1.807, 2.05) is 6.07 Å². The standard InChI is InChI=1S/C13H17IN2O3/c14-10-4-5-13(12(9-10)16(17)18)19-8-6-11-3-1-2-7-15-11/h4-5,9,11,15H,1-3,6-8H2. The van der Waals surface area contributed by atoms with Gasteiger partial charge in [0.05, 0.1) is 11.5 Å². The van der Waals surface area contributed by atoms with Crippen LogP contribution in [-0.4, -0.2) is 24.1 Å². The SMILES string of the molecule is O=[N+]([O-])c1cc(I)ccc1OCCC1CCCCN1. The zero-order valence-corrected chi connectivity index (χ0v) is 12.8. The van der Waals surface area contributed by atoms with Crippen LogP contribution in [-0.2, 0) is 0 Å². The van der Waals surface area contributed by atoms with Crippen LogP contribution in [0.2, 0.25) is 0 Å². The topological polar surface area (TPSA) is 64.4 Å². The number of halogens is 1. The van der Waals surface area contributed by atoms with Crippen LogP contribution in [0.1, 0.15) is 25.7 Å². The average molecular weight is 376 g/mol. The van der Waals surface area contributed by atoms with Gasteiger partial charge in [0.1, 0.15) is 0 Å². The van der Waals surface area contributed by atoms with Gasteiger partial charge in [-0.15, -0.1) is 0 Å². The van der Waals surface area contributed by atoms with Crippen LogP contribution in [0.15, 0.2) is 18.2 Å². The molecule has 1 atom stereocenters. The maximum absolute atomic E-state index is 10.9. The van der Waals surface area contributed by atoms with Crippen LogP contribution in [0.3, 0.4) is 0 Å². The van der Waals surface area contributed by atoms with Crippen molar-refractivity contribution in [3.05, 3.63) is 31.9 Å². The van der Waals surface area contributed by atoms with Crippen molar-refractivity contribution < 1.29 is 9.66 Å². The van der Waals surface area contributed by atoms with E-state index >= 15 is 0 Å². The second kappa shape index (κ2) is 7.04. The van der Waals surface area contributed by atoms with Crippen LogP contribution in [0.4, 0.5) is 5.69 Å². The molecule has 1 heterocycles. The minimum Gasteiger partial charge on any atom is -0.487 e. The molecule has 0 spiro atoms. The van der Waals surface area contributed by atoms with Crippen molar-refractivity contribution in [3.8, 4) is 5.75 Å². The van der Waals surface area contributed by atoms with E-state index in [1.54, 1.807) is 6.07 Å². The average Bonchev–Trinajstić information content (AvgIpc) is 2.41. The fourth-order valence-corrected chi connectivity index (χ4v) is 2.71. The van der Waals surface area contributed by atoms with Gasteiger partial charge in [0.15, 0.2) is 5.75 Å². The Morgan fingerprint density at radius 1 is 1.47 bits per heavy atom. The number of ether oxygens (including phenoxy) is 1. The van der Waals surface area contributed by atoms with Gasteiger partial charge in [-0.2, -0.15) is 0 Å². The Morgan fingerprint density at radius 2 is 2.32 bits per heavy atom. The minimum absolute atomic E-state index is 0.0449. The Balaban J connectivity index is 1.89. The number of benzene rings is 1. The summed E-state index contributed by atoms with van der Waals surface area (Å²) in [6, 6.07) is 5.52. The number of nitro benzene ring substituents is 1. The lowest BCUT2D eigenvalue weighted by Crippen LogP contribution is -2.35. The highest BCUT2D eigenvalue weighted by Crippen LogP contribution is 2.28. The molecule has 0 saturated carbocycles. The van der Waals surface area contributed by atoms with E-state index in [4.69, 9.17) is 4.74 Å². The Hall–Kier alpha value is -0.890. The maximum atomic E-state index is 10.9. The van der Waals surface area contributed by atoms with Crippen molar-refractivity contribution in [2.45, 2.75) is 31.7 Å². The summed E-state index contributed by atoms with van der Waals surface area (Å²) in [7, 11) is 0. The molecule has 5 nitrogen and oxygen atoms in total. The molecule has 0 radical (unpaired) electrons. The second-order valence-corrected chi connectivity index (χ2v) is 5.90. The predicted octanol–water partition coefficient (Wildman–Crippen LogP) is 3.11. The van der Waals surface area contributed by atoms with Gasteiger partial charge in [0.2, 0.25) is 0 Å². The molecule has 19 heavy (non-hydrogen) atoms. The van der Waals surface area contributed by atoms with E-state index in [1.165, 1.54) is 18.9 Å². The molecule has 0 amide bonds. The van der Waals surface area contributed by atoms with Crippen LogP contribution in [0.5, 0.6) is 5.75 Å². The summed E-state index contributed by atoms with van der Waals surface area (Å²) in [4.78, 5) is 10.6. The molecule has 0 bridgehead atoms. The smallest absolute Gasteiger partial charge is 0.311 e. The molecule has 1 aliphatic rings. The molecule has 1 aromatic rings. The monoisotopic (exact) mass is 376 g/mol. The van der Waals surface area contributed by atoms with E-state index in [-0.39, 0.29) is 5.69 Å². The Kier molecular flexibility index (Phi) is 5.38. The third-order valence-electron chi connectivity index (χ3n) is 3.25. The molecule has 1 aromatic carbocycles. The lowest BCUT2D eigenvalue weighted by atomic mass is 10.0. The molecule has 2 rings (SSSR count). The molecule has 1 unspecified atom stereocenters. The molecule has 1 N–H and O–H groups in total. The van der Waals surface area contributed by atoms with Gasteiger partial charge in [-0.05, 0) is 60.5 Å². The molecule has 6 heteroatoms. The van der Waals surface area contributed by atoms with Gasteiger partial charge in [-0.25, -0.2) is 0 Å². The van der Waals surface area contributed by atoms with E-state index in [9.17, 15) is 10.1 Å². The summed E-state index contributed by atoms with van der Waals surface area (Å²) in [5.74, 6) is 0.362. The summed E-state index contributed by atoms with van der Waals surface area (Å²) in [6.07, 6.45) is 4.54. The number of hydrogen-bond donors (Lipinski definition) is 1. The molecule has 1 saturated heterocycles. The van der Waals surface area contributed by atoms with E-state index < -0.39 is 4.92 Å². The van der Waals surface area contributed by atoms with Gasteiger partial charge >= 0.3 is 5.69 Å². The molecular formula is C13H17IN2O3. The summed E-state index contributed by atoms with van der Waals surface area (Å²) < 4.78 is 6.41. The number of nitrogens with one attached hydrogen (secondary N) is 1. The van der Waals surface area contributed by atoms with Crippen molar-refractivity contribution in [3.63, 3.8) is 0 Å². The van der Waals surface area contributed by atoms with Crippen LogP contribution in [0.25, 0.3) is 0 Å². The number of nitro groups is 1. The Labute approximate surface area is 126 Å². The summed E-state index contributed by atoms with van der Waals surface area (Å²) in [5.41, 5.74) is 0.0449. The Bertz CT molecular complexity index is 448. The van der Waals surface area contributed by atoms with Crippen molar-refractivity contribution in [1.82, 2.24) is 5.32 Å². The third kappa shape index (κ3) is 4.31. The lowest BCUT2D eigenvalue weighted by molar-refractivity contribution is -0.386. The largest absolute Gasteiger partial charge is 0.487 e. The van der Waals surface area contributed by atoms with Gasteiger partial charge in [0, 0.05) is 15.7 Å². The molecule has 104 valence electrons. The lowest BCUT2D eigenvalue weighted by Gasteiger charge is -2.23. The van der Waals surface area contributed by atoms with Crippen molar-refractivity contribution in [1.29, 1.82) is 0 Å². The quantitative estimate of drug-likeness (QED) is 0.487.